The van der Waals surface area contributed by atoms with Crippen molar-refractivity contribution in [3.8, 4) is 0 Å². The first kappa shape index (κ1) is 10.9. The van der Waals surface area contributed by atoms with E-state index in [0.717, 1.165) is 12.1 Å². The predicted octanol–water partition coefficient (Wildman–Crippen LogP) is 1.61. The third-order valence-corrected chi connectivity index (χ3v) is 1.90. The Bertz CT molecular complexity index is 431. The molecule has 1 aromatic carbocycles. The van der Waals surface area contributed by atoms with Gasteiger partial charge in [-0.05, 0) is 13.0 Å². The standard InChI is InChI=1S/C7H7N3O5/c1-4-6(9(12)13)3-2-5(8-11)7(4)10(14)15/h2-3,8,11H,1H3. The average Bonchev–Trinajstić information content (AvgIpc) is 2.15. The number of benzene rings is 1. The van der Waals surface area contributed by atoms with Gasteiger partial charge in [-0.1, -0.05) is 0 Å². The fourth-order valence-electron chi connectivity index (χ4n) is 1.21. The summed E-state index contributed by atoms with van der Waals surface area (Å²) in [6, 6.07) is 2.16. The van der Waals surface area contributed by atoms with Crippen LogP contribution in [-0.2, 0) is 0 Å². The molecule has 8 nitrogen and oxygen atoms in total. The molecule has 80 valence electrons. The van der Waals surface area contributed by atoms with Crippen LogP contribution in [0.5, 0.6) is 0 Å². The molecule has 0 aliphatic heterocycles. The summed E-state index contributed by atoms with van der Waals surface area (Å²) < 4.78 is 0. The van der Waals surface area contributed by atoms with Gasteiger partial charge in [-0.2, -0.15) is 0 Å². The van der Waals surface area contributed by atoms with Gasteiger partial charge >= 0.3 is 5.69 Å². The maximum absolute atomic E-state index is 10.6. The quantitative estimate of drug-likeness (QED) is 0.581. The van der Waals surface area contributed by atoms with E-state index >= 15 is 0 Å². The Morgan fingerprint density at radius 2 is 1.87 bits per heavy atom. The number of nitro groups is 2. The van der Waals surface area contributed by atoms with Crippen LogP contribution in [0.15, 0.2) is 12.1 Å². The Morgan fingerprint density at radius 1 is 1.27 bits per heavy atom. The molecule has 15 heavy (non-hydrogen) atoms. The first-order chi connectivity index (χ1) is 6.99. The highest BCUT2D eigenvalue weighted by Gasteiger charge is 2.25. The van der Waals surface area contributed by atoms with Gasteiger partial charge in [0, 0.05) is 6.07 Å². The summed E-state index contributed by atoms with van der Waals surface area (Å²) in [5.74, 6) is 0. The summed E-state index contributed by atoms with van der Waals surface area (Å²) in [7, 11) is 0. The number of rotatable bonds is 3. The normalized spacial score (nSPS) is 9.73. The van der Waals surface area contributed by atoms with E-state index in [1.165, 1.54) is 6.92 Å². The minimum absolute atomic E-state index is 0.107. The van der Waals surface area contributed by atoms with E-state index in [-0.39, 0.29) is 16.9 Å². The summed E-state index contributed by atoms with van der Waals surface area (Å²) in [5.41, 5.74) is 0.466. The molecule has 0 aliphatic rings. The molecule has 2 N–H and O–H groups in total. The first-order valence-electron chi connectivity index (χ1n) is 3.81. The van der Waals surface area contributed by atoms with Gasteiger partial charge in [0.2, 0.25) is 0 Å². The van der Waals surface area contributed by atoms with Gasteiger partial charge in [0.15, 0.2) is 0 Å². The van der Waals surface area contributed by atoms with Crippen molar-refractivity contribution in [1.82, 2.24) is 0 Å². The zero-order valence-electron chi connectivity index (χ0n) is 7.63. The molecule has 0 aromatic heterocycles. The first-order valence-corrected chi connectivity index (χ1v) is 3.81. The molecule has 0 saturated heterocycles. The SMILES string of the molecule is Cc1c([N+](=O)[O-])ccc(NO)c1[N+](=O)[O-]. The molecule has 0 radical (unpaired) electrons. The number of anilines is 1. The second-order valence-corrected chi connectivity index (χ2v) is 2.73. The van der Waals surface area contributed by atoms with Crippen LogP contribution in [0.4, 0.5) is 17.1 Å². The van der Waals surface area contributed by atoms with Gasteiger partial charge in [-0.3, -0.25) is 30.9 Å². The van der Waals surface area contributed by atoms with Crippen LogP contribution in [0.1, 0.15) is 5.56 Å². The second kappa shape index (κ2) is 3.88. The van der Waals surface area contributed by atoms with Crippen LogP contribution in [0.25, 0.3) is 0 Å². The Hall–Kier alpha value is -2.22. The third kappa shape index (κ3) is 1.83. The maximum atomic E-state index is 10.6. The van der Waals surface area contributed by atoms with Gasteiger partial charge in [0.25, 0.3) is 5.69 Å². The summed E-state index contributed by atoms with van der Waals surface area (Å²) in [4.78, 5) is 19.6. The van der Waals surface area contributed by atoms with Crippen molar-refractivity contribution in [1.29, 1.82) is 0 Å². The third-order valence-electron chi connectivity index (χ3n) is 1.90. The largest absolute Gasteiger partial charge is 0.304 e. The van der Waals surface area contributed by atoms with Crippen molar-refractivity contribution in [3.05, 3.63) is 37.9 Å². The summed E-state index contributed by atoms with van der Waals surface area (Å²) in [6.45, 7) is 1.25. The van der Waals surface area contributed by atoms with Crippen molar-refractivity contribution < 1.29 is 15.1 Å². The Kier molecular flexibility index (Phi) is 2.81. The number of hydrogen-bond donors (Lipinski definition) is 2. The number of nitrogens with zero attached hydrogens (tertiary/aromatic N) is 2. The Morgan fingerprint density at radius 3 is 2.27 bits per heavy atom. The fraction of sp³-hybridized carbons (Fsp3) is 0.143. The molecule has 0 spiro atoms. The van der Waals surface area contributed by atoms with Crippen molar-refractivity contribution in [2.24, 2.45) is 0 Å². The van der Waals surface area contributed by atoms with E-state index in [4.69, 9.17) is 5.21 Å². The lowest BCUT2D eigenvalue weighted by Crippen LogP contribution is -2.02. The Balaban J connectivity index is 3.49. The summed E-state index contributed by atoms with van der Waals surface area (Å²) >= 11 is 0. The van der Waals surface area contributed by atoms with Gasteiger partial charge < -0.3 is 0 Å². The predicted molar refractivity (Wildman–Crippen MR) is 49.9 cm³/mol. The van der Waals surface area contributed by atoms with E-state index in [0.29, 0.717) is 0 Å². The molecular weight excluding hydrogens is 206 g/mol. The van der Waals surface area contributed by atoms with Crippen molar-refractivity contribution in [2.45, 2.75) is 6.92 Å². The molecule has 0 bridgehead atoms. The van der Waals surface area contributed by atoms with E-state index in [1.807, 2.05) is 0 Å². The van der Waals surface area contributed by atoms with E-state index in [2.05, 4.69) is 0 Å². The van der Waals surface area contributed by atoms with Crippen molar-refractivity contribution >= 4 is 17.1 Å². The molecule has 0 amide bonds. The average molecular weight is 213 g/mol. The van der Waals surface area contributed by atoms with Crippen molar-refractivity contribution in [3.63, 3.8) is 0 Å². The highest BCUT2D eigenvalue weighted by atomic mass is 16.6. The van der Waals surface area contributed by atoms with Gasteiger partial charge in [0.1, 0.15) is 11.3 Å². The number of nitro benzene ring substituents is 2. The lowest BCUT2D eigenvalue weighted by Gasteiger charge is -2.03. The summed E-state index contributed by atoms with van der Waals surface area (Å²) in [6.07, 6.45) is 0. The molecule has 0 heterocycles. The van der Waals surface area contributed by atoms with Crippen LogP contribution in [0.3, 0.4) is 0 Å². The molecule has 0 unspecified atom stereocenters. The molecule has 0 atom stereocenters. The van der Waals surface area contributed by atoms with E-state index in [9.17, 15) is 20.2 Å². The number of hydrogen-bond acceptors (Lipinski definition) is 6. The van der Waals surface area contributed by atoms with Gasteiger partial charge in [0.05, 0.1) is 9.85 Å². The molecule has 0 fully saturated rings. The van der Waals surface area contributed by atoms with E-state index in [1.54, 1.807) is 5.48 Å². The smallest absolute Gasteiger partial charge is 0.291 e. The minimum Gasteiger partial charge on any atom is -0.291 e. The van der Waals surface area contributed by atoms with Gasteiger partial charge in [-0.25, -0.2) is 0 Å². The highest BCUT2D eigenvalue weighted by molar-refractivity contribution is 5.69. The molecule has 8 heteroatoms. The maximum Gasteiger partial charge on any atom is 0.304 e. The van der Waals surface area contributed by atoms with Crippen LogP contribution < -0.4 is 5.48 Å². The number of nitrogens with one attached hydrogen (secondary N) is 1. The molecule has 0 aliphatic carbocycles. The fourth-order valence-corrected chi connectivity index (χ4v) is 1.21. The zero-order valence-corrected chi connectivity index (χ0v) is 7.63. The highest BCUT2D eigenvalue weighted by Crippen LogP contribution is 2.33. The van der Waals surface area contributed by atoms with Gasteiger partial charge in [-0.15, -0.1) is 0 Å². The Labute approximate surface area is 83.4 Å². The van der Waals surface area contributed by atoms with Crippen LogP contribution in [0.2, 0.25) is 0 Å². The zero-order chi connectivity index (χ0) is 11.6. The molecule has 0 saturated carbocycles. The second-order valence-electron chi connectivity index (χ2n) is 2.73. The molecular formula is C7H7N3O5. The van der Waals surface area contributed by atoms with E-state index < -0.39 is 15.5 Å². The molecule has 1 rings (SSSR count). The van der Waals surface area contributed by atoms with Crippen molar-refractivity contribution in [2.75, 3.05) is 5.48 Å². The van der Waals surface area contributed by atoms with Crippen LogP contribution in [-0.4, -0.2) is 15.1 Å². The lowest BCUT2D eigenvalue weighted by atomic mass is 10.1. The lowest BCUT2D eigenvalue weighted by molar-refractivity contribution is -0.394. The topological polar surface area (TPSA) is 119 Å². The van der Waals surface area contributed by atoms with Crippen LogP contribution >= 0.6 is 0 Å². The molecule has 1 aromatic rings. The monoisotopic (exact) mass is 213 g/mol. The summed E-state index contributed by atoms with van der Waals surface area (Å²) in [5, 5.41) is 29.7. The van der Waals surface area contributed by atoms with Crippen LogP contribution in [0, 0.1) is 27.2 Å². The minimum atomic E-state index is -0.791.